The lowest BCUT2D eigenvalue weighted by Gasteiger charge is -2.33. The van der Waals surface area contributed by atoms with Crippen molar-refractivity contribution in [3.8, 4) is 16.9 Å². The summed E-state index contributed by atoms with van der Waals surface area (Å²) in [6.45, 7) is -1.03. The van der Waals surface area contributed by atoms with E-state index >= 15 is 0 Å². The number of hydrogen-bond donors (Lipinski definition) is 1. The second kappa shape index (κ2) is 11.3. The molecular formula is C27H25F5N4O2. The van der Waals surface area contributed by atoms with Gasteiger partial charge in [0.25, 0.3) is 0 Å². The average Bonchev–Trinajstić information content (AvgIpc) is 3.35. The van der Waals surface area contributed by atoms with Crippen molar-refractivity contribution >= 4 is 0 Å². The van der Waals surface area contributed by atoms with Crippen molar-refractivity contribution in [2.45, 2.75) is 24.9 Å². The molecule has 0 amide bonds. The zero-order valence-electron chi connectivity index (χ0n) is 20.4. The van der Waals surface area contributed by atoms with Crippen molar-refractivity contribution in [1.29, 1.82) is 0 Å². The maximum Gasteiger partial charge on any atom is 0.422 e. The highest BCUT2D eigenvalue weighted by molar-refractivity contribution is 5.64. The Morgan fingerprint density at radius 2 is 1.61 bits per heavy atom. The Bertz CT molecular complexity index is 1330. The normalized spacial score (nSPS) is 13.5. The van der Waals surface area contributed by atoms with Gasteiger partial charge in [-0.15, -0.1) is 0 Å². The minimum Gasteiger partial charge on any atom is -0.484 e. The van der Waals surface area contributed by atoms with E-state index in [-0.39, 0.29) is 24.4 Å². The second-order valence-corrected chi connectivity index (χ2v) is 9.05. The maximum absolute atomic E-state index is 14.7. The molecule has 11 heteroatoms. The molecule has 0 saturated carbocycles. The molecule has 0 saturated heterocycles. The molecule has 6 nitrogen and oxygen atoms in total. The molecule has 1 heterocycles. The number of aromatic nitrogens is 3. The first-order valence-corrected chi connectivity index (χ1v) is 11.6. The Labute approximate surface area is 215 Å². The SMILES string of the molecule is CN(Cc1ccc(-c2ccc(OCC(F)(F)F)cc2)cc1)CC(O)(Cn1cncn1)c1ccc(F)cc1F. The number of benzene rings is 3. The Morgan fingerprint density at radius 3 is 2.18 bits per heavy atom. The van der Waals surface area contributed by atoms with E-state index in [1.165, 1.54) is 35.5 Å². The standard InChI is InChI=1S/C27H25F5N4O2/c1-35(14-26(37,15-36-18-33-17-34-36)24-11-8-22(28)12-25(24)29)13-19-2-4-20(5-3-19)21-6-9-23(10-7-21)38-16-27(30,31)32/h2-12,17-18,37H,13-16H2,1H3. The van der Waals surface area contributed by atoms with Gasteiger partial charge in [-0.2, -0.15) is 18.3 Å². The van der Waals surface area contributed by atoms with Crippen LogP contribution < -0.4 is 4.74 Å². The van der Waals surface area contributed by atoms with Gasteiger partial charge in [-0.1, -0.05) is 42.5 Å². The lowest BCUT2D eigenvalue weighted by molar-refractivity contribution is -0.153. The highest BCUT2D eigenvalue weighted by atomic mass is 19.4. The molecule has 0 spiro atoms. The number of ether oxygens (including phenoxy) is 1. The molecule has 4 aromatic rings. The Kier molecular flexibility index (Phi) is 8.08. The van der Waals surface area contributed by atoms with Gasteiger partial charge in [0.05, 0.1) is 6.54 Å². The van der Waals surface area contributed by atoms with E-state index in [9.17, 15) is 27.1 Å². The topological polar surface area (TPSA) is 63.4 Å². The van der Waals surface area contributed by atoms with Crippen LogP contribution in [0.2, 0.25) is 0 Å². The summed E-state index contributed by atoms with van der Waals surface area (Å²) in [5, 5.41) is 15.5. The van der Waals surface area contributed by atoms with Gasteiger partial charge in [0, 0.05) is 24.7 Å². The third-order valence-electron chi connectivity index (χ3n) is 5.85. The molecule has 0 aliphatic rings. The third-order valence-corrected chi connectivity index (χ3v) is 5.85. The van der Waals surface area contributed by atoms with Crippen molar-refractivity contribution in [3.63, 3.8) is 0 Å². The number of halogens is 5. The summed E-state index contributed by atoms with van der Waals surface area (Å²) in [5.41, 5.74) is 0.784. The van der Waals surface area contributed by atoms with Crippen LogP contribution in [0.1, 0.15) is 11.1 Å². The molecule has 1 N–H and O–H groups in total. The van der Waals surface area contributed by atoms with Crippen LogP contribution in [0.3, 0.4) is 0 Å². The van der Waals surface area contributed by atoms with E-state index < -0.39 is 30.0 Å². The van der Waals surface area contributed by atoms with Gasteiger partial charge in [0.15, 0.2) is 6.61 Å². The highest BCUT2D eigenvalue weighted by Crippen LogP contribution is 2.29. The summed E-state index contributed by atoms with van der Waals surface area (Å²) in [6, 6.07) is 16.9. The van der Waals surface area contributed by atoms with Crippen molar-refractivity contribution in [3.05, 3.63) is 102 Å². The molecule has 4 rings (SSSR count). The van der Waals surface area contributed by atoms with E-state index in [2.05, 4.69) is 10.1 Å². The zero-order valence-corrected chi connectivity index (χ0v) is 20.4. The van der Waals surface area contributed by atoms with Crippen LogP contribution in [-0.2, 0) is 18.7 Å². The second-order valence-electron chi connectivity index (χ2n) is 9.05. The summed E-state index contributed by atoms with van der Waals surface area (Å²) in [5.74, 6) is -1.48. The van der Waals surface area contributed by atoms with E-state index in [0.29, 0.717) is 6.54 Å². The number of hydrogen-bond acceptors (Lipinski definition) is 5. The van der Waals surface area contributed by atoms with E-state index in [0.717, 1.165) is 28.8 Å². The monoisotopic (exact) mass is 532 g/mol. The van der Waals surface area contributed by atoms with Crippen molar-refractivity contribution < 1.29 is 31.8 Å². The van der Waals surface area contributed by atoms with Gasteiger partial charge >= 0.3 is 6.18 Å². The van der Waals surface area contributed by atoms with Crippen LogP contribution in [0.25, 0.3) is 11.1 Å². The first kappa shape index (κ1) is 27.2. The molecule has 0 aliphatic heterocycles. The van der Waals surface area contributed by atoms with Crippen molar-refractivity contribution in [2.75, 3.05) is 20.2 Å². The summed E-state index contributed by atoms with van der Waals surface area (Å²) >= 11 is 0. The molecule has 1 atom stereocenters. The predicted octanol–water partition coefficient (Wildman–Crippen LogP) is 5.18. The zero-order chi connectivity index (χ0) is 27.3. The molecule has 0 bridgehead atoms. The van der Waals surface area contributed by atoms with Gasteiger partial charge in [-0.25, -0.2) is 18.4 Å². The smallest absolute Gasteiger partial charge is 0.422 e. The number of rotatable bonds is 10. The molecule has 1 aromatic heterocycles. The van der Waals surface area contributed by atoms with Crippen LogP contribution in [0.15, 0.2) is 79.4 Å². The minimum absolute atomic E-state index is 0.0105. The van der Waals surface area contributed by atoms with Gasteiger partial charge in [0.1, 0.15) is 35.6 Å². The Morgan fingerprint density at radius 1 is 0.947 bits per heavy atom. The van der Waals surface area contributed by atoms with Crippen LogP contribution in [-0.4, -0.2) is 51.1 Å². The number of alkyl halides is 3. The quantitative estimate of drug-likeness (QED) is 0.285. The van der Waals surface area contributed by atoms with Gasteiger partial charge < -0.3 is 9.84 Å². The predicted molar refractivity (Wildman–Crippen MR) is 130 cm³/mol. The van der Waals surface area contributed by atoms with Crippen molar-refractivity contribution in [1.82, 2.24) is 19.7 Å². The number of nitrogens with zero attached hydrogens (tertiary/aromatic N) is 4. The first-order chi connectivity index (χ1) is 18.0. The molecule has 0 fully saturated rings. The Hall–Kier alpha value is -3.83. The van der Waals surface area contributed by atoms with E-state index in [1.807, 2.05) is 29.2 Å². The molecule has 0 radical (unpaired) electrons. The molecule has 38 heavy (non-hydrogen) atoms. The number of aliphatic hydroxyl groups is 1. The molecule has 1 unspecified atom stereocenters. The van der Waals surface area contributed by atoms with Gasteiger partial charge in [-0.05, 0) is 41.9 Å². The first-order valence-electron chi connectivity index (χ1n) is 11.6. The van der Waals surface area contributed by atoms with Crippen LogP contribution in [0.4, 0.5) is 22.0 Å². The third kappa shape index (κ3) is 7.14. The van der Waals surface area contributed by atoms with E-state index in [4.69, 9.17) is 4.74 Å². The largest absolute Gasteiger partial charge is 0.484 e. The lowest BCUT2D eigenvalue weighted by atomic mass is 9.92. The molecule has 3 aromatic carbocycles. The van der Waals surface area contributed by atoms with E-state index in [1.54, 1.807) is 19.2 Å². The lowest BCUT2D eigenvalue weighted by Crippen LogP contribution is -2.43. The summed E-state index contributed by atoms with van der Waals surface area (Å²) < 4.78 is 71.3. The molecule has 0 aliphatic carbocycles. The molecular weight excluding hydrogens is 507 g/mol. The summed E-state index contributed by atoms with van der Waals surface area (Å²) in [6.07, 6.45) is -1.70. The van der Waals surface area contributed by atoms with Crippen LogP contribution in [0.5, 0.6) is 5.75 Å². The van der Waals surface area contributed by atoms with Gasteiger partial charge in [-0.3, -0.25) is 4.90 Å². The average molecular weight is 533 g/mol. The van der Waals surface area contributed by atoms with Crippen LogP contribution >= 0.6 is 0 Å². The van der Waals surface area contributed by atoms with Crippen LogP contribution in [0, 0.1) is 11.6 Å². The highest BCUT2D eigenvalue weighted by Gasteiger charge is 2.35. The molecule has 200 valence electrons. The fraction of sp³-hybridized carbons (Fsp3) is 0.259. The fourth-order valence-corrected chi connectivity index (χ4v) is 4.20. The Balaban J connectivity index is 1.44. The number of likely N-dealkylation sites (N-methyl/N-ethyl adjacent to an activating group) is 1. The fourth-order valence-electron chi connectivity index (χ4n) is 4.20. The van der Waals surface area contributed by atoms with Crippen molar-refractivity contribution in [2.24, 2.45) is 0 Å². The van der Waals surface area contributed by atoms with Gasteiger partial charge in [0.2, 0.25) is 0 Å². The summed E-state index contributed by atoms with van der Waals surface area (Å²) in [7, 11) is 1.77. The maximum atomic E-state index is 14.7. The summed E-state index contributed by atoms with van der Waals surface area (Å²) in [4.78, 5) is 5.67. The minimum atomic E-state index is -4.40.